The summed E-state index contributed by atoms with van der Waals surface area (Å²) in [6.45, 7) is 7.37. The lowest BCUT2D eigenvalue weighted by molar-refractivity contribution is -0.137. The van der Waals surface area contributed by atoms with Gasteiger partial charge in [0.2, 0.25) is 0 Å². The summed E-state index contributed by atoms with van der Waals surface area (Å²) in [4.78, 5) is 32.8. The molecule has 0 radical (unpaired) electrons. The van der Waals surface area contributed by atoms with Crippen LogP contribution in [0.25, 0.3) is 0 Å². The normalized spacial score (nSPS) is 23.2. The molecule has 2 aliphatic rings. The van der Waals surface area contributed by atoms with Crippen molar-refractivity contribution in [2.24, 2.45) is 5.16 Å². The lowest BCUT2D eigenvalue weighted by Crippen LogP contribution is -2.37. The zero-order valence-corrected chi connectivity index (χ0v) is 20.1. The van der Waals surface area contributed by atoms with Gasteiger partial charge in [-0.25, -0.2) is 4.79 Å². The number of likely N-dealkylation sites (tertiary alicyclic amines) is 1. The topological polar surface area (TPSA) is 68.2 Å². The number of cyclic esters (lactones) is 1. The van der Waals surface area contributed by atoms with Crippen LogP contribution >= 0.6 is 0 Å². The van der Waals surface area contributed by atoms with Gasteiger partial charge in [-0.15, -0.1) is 0 Å². The molecule has 0 saturated carbocycles. The van der Waals surface area contributed by atoms with Gasteiger partial charge in [-0.2, -0.15) is 0 Å². The van der Waals surface area contributed by atoms with Gasteiger partial charge in [-0.3, -0.25) is 4.79 Å². The first-order chi connectivity index (χ1) is 15.9. The highest BCUT2D eigenvalue weighted by Gasteiger charge is 2.20. The molecule has 6 heteroatoms. The fraction of sp³-hybridized carbons (Fsp3) is 0.519. The van der Waals surface area contributed by atoms with Gasteiger partial charge in [0, 0.05) is 25.9 Å². The van der Waals surface area contributed by atoms with Crippen LogP contribution in [0.15, 0.2) is 41.6 Å². The average molecular weight is 453 g/mol. The van der Waals surface area contributed by atoms with Gasteiger partial charge >= 0.3 is 5.97 Å². The maximum atomic E-state index is 13.0. The molecule has 1 atom stereocenters. The highest BCUT2D eigenvalue weighted by molar-refractivity contribution is 6.00. The second-order valence-corrected chi connectivity index (χ2v) is 8.99. The van der Waals surface area contributed by atoms with Crippen LogP contribution in [-0.2, 0) is 20.8 Å². The van der Waals surface area contributed by atoms with Crippen molar-refractivity contribution >= 4 is 17.6 Å². The number of carbonyl (C=O) groups excluding carboxylic acids is 2. The number of piperidine rings is 1. The third kappa shape index (κ3) is 7.58. The smallest absolute Gasteiger partial charge is 0.338 e. The molecule has 1 saturated heterocycles. The Labute approximate surface area is 197 Å². The highest BCUT2D eigenvalue weighted by Crippen LogP contribution is 2.21. The Morgan fingerprint density at radius 2 is 1.88 bits per heavy atom. The number of carbonyl (C=O) groups is 2. The quantitative estimate of drug-likeness (QED) is 0.365. The van der Waals surface area contributed by atoms with E-state index < -0.39 is 0 Å². The summed E-state index contributed by atoms with van der Waals surface area (Å²) in [5.41, 5.74) is 4.07. The third-order valence-electron chi connectivity index (χ3n) is 5.97. The molecule has 0 unspecified atom stereocenters. The number of oxime groups is 1. The Morgan fingerprint density at radius 1 is 1.12 bits per heavy atom. The average Bonchev–Trinajstić information content (AvgIpc) is 2.77. The van der Waals surface area contributed by atoms with Crippen molar-refractivity contribution in [1.82, 2.24) is 4.90 Å². The van der Waals surface area contributed by atoms with Crippen molar-refractivity contribution in [1.29, 1.82) is 0 Å². The molecule has 0 aliphatic carbocycles. The Bertz CT molecular complexity index is 926. The minimum absolute atomic E-state index is 0.0290. The number of fused-ring (bicyclic) bond motifs is 1. The van der Waals surface area contributed by atoms with E-state index in [-0.39, 0.29) is 24.6 Å². The molecule has 33 heavy (non-hydrogen) atoms. The molecule has 0 N–H and O–H groups in total. The number of amides is 1. The summed E-state index contributed by atoms with van der Waals surface area (Å²) in [6.07, 6.45) is 14.1. The second-order valence-electron chi connectivity index (χ2n) is 8.99. The molecule has 1 fully saturated rings. The Morgan fingerprint density at radius 3 is 2.67 bits per heavy atom. The number of allylic oxidation sites excluding steroid dienone is 3. The van der Waals surface area contributed by atoms with Crippen LogP contribution in [0.5, 0.6) is 0 Å². The van der Waals surface area contributed by atoms with Crippen LogP contribution in [-0.4, -0.2) is 48.3 Å². The minimum atomic E-state index is -0.315. The minimum Gasteiger partial charge on any atom is -0.459 e. The summed E-state index contributed by atoms with van der Waals surface area (Å²) in [7, 11) is 0. The first-order valence-corrected chi connectivity index (χ1v) is 12.0. The van der Waals surface area contributed by atoms with E-state index in [1.165, 1.54) is 6.42 Å². The standard InChI is InChI=1S/C27H36N2O4/c1-20-16-21(2)26-23(17-20)18-24(28-32-19-25(30)29-14-10-7-11-15-29)13-9-6-4-5-8-12-22(3)33-27(26)31/h5,8-9,13,16-17,22H,4,6-7,10-12,14-15,18-19H2,1-3H3/b8-5+,13-9+,28-24?/t22-/m1/s1. The Balaban J connectivity index is 1.83. The van der Waals surface area contributed by atoms with E-state index in [1.54, 1.807) is 0 Å². The van der Waals surface area contributed by atoms with Crippen molar-refractivity contribution in [2.75, 3.05) is 19.7 Å². The van der Waals surface area contributed by atoms with E-state index >= 15 is 0 Å². The summed E-state index contributed by atoms with van der Waals surface area (Å²) in [5, 5.41) is 4.30. The first-order valence-electron chi connectivity index (χ1n) is 12.0. The van der Waals surface area contributed by atoms with Crippen LogP contribution in [0.1, 0.15) is 72.5 Å². The molecule has 2 heterocycles. The number of esters is 1. The highest BCUT2D eigenvalue weighted by atomic mass is 16.6. The predicted octanol–water partition coefficient (Wildman–Crippen LogP) is 5.07. The van der Waals surface area contributed by atoms with Gasteiger partial charge in [-0.1, -0.05) is 41.1 Å². The van der Waals surface area contributed by atoms with Crippen LogP contribution in [0.3, 0.4) is 0 Å². The van der Waals surface area contributed by atoms with Crippen molar-refractivity contribution in [3.63, 3.8) is 0 Å². The molecule has 2 aliphatic heterocycles. The molecule has 0 bridgehead atoms. The van der Waals surface area contributed by atoms with Crippen LogP contribution < -0.4 is 0 Å². The second kappa shape index (κ2) is 12.4. The zero-order valence-electron chi connectivity index (χ0n) is 20.1. The van der Waals surface area contributed by atoms with Gasteiger partial charge in [0.25, 0.3) is 5.91 Å². The van der Waals surface area contributed by atoms with Crippen molar-refractivity contribution in [3.05, 3.63) is 58.7 Å². The molecule has 0 aromatic heterocycles. The first kappa shape index (κ1) is 24.7. The van der Waals surface area contributed by atoms with E-state index in [0.29, 0.717) is 24.1 Å². The van der Waals surface area contributed by atoms with E-state index in [0.717, 1.165) is 55.5 Å². The largest absolute Gasteiger partial charge is 0.459 e. The fourth-order valence-corrected chi connectivity index (χ4v) is 4.32. The zero-order chi connectivity index (χ0) is 23.6. The molecule has 1 aromatic rings. The maximum Gasteiger partial charge on any atom is 0.338 e. The predicted molar refractivity (Wildman–Crippen MR) is 130 cm³/mol. The number of hydrogen-bond donors (Lipinski definition) is 0. The van der Waals surface area contributed by atoms with Gasteiger partial charge < -0.3 is 14.5 Å². The third-order valence-corrected chi connectivity index (χ3v) is 5.97. The van der Waals surface area contributed by atoms with Gasteiger partial charge in [0.05, 0.1) is 11.3 Å². The SMILES string of the molecule is Cc1cc(C)c2c(c1)CC(=NOCC(=O)N1CCCCC1)/C=C/CC/C=C/C[C@@H](C)OC2=O. The molecular weight excluding hydrogens is 416 g/mol. The van der Waals surface area contributed by atoms with Crippen LogP contribution in [0, 0.1) is 13.8 Å². The number of rotatable bonds is 3. The molecule has 6 nitrogen and oxygen atoms in total. The number of benzene rings is 1. The summed E-state index contributed by atoms with van der Waals surface area (Å²) < 4.78 is 5.73. The van der Waals surface area contributed by atoms with Crippen molar-refractivity contribution in [3.8, 4) is 0 Å². The number of nitrogens with zero attached hydrogens (tertiary/aromatic N) is 2. The van der Waals surface area contributed by atoms with Crippen LogP contribution in [0.2, 0.25) is 0 Å². The van der Waals surface area contributed by atoms with E-state index in [9.17, 15) is 9.59 Å². The van der Waals surface area contributed by atoms with Crippen LogP contribution in [0.4, 0.5) is 0 Å². The molecule has 1 amide bonds. The van der Waals surface area contributed by atoms with Crippen molar-refractivity contribution in [2.45, 2.75) is 71.8 Å². The van der Waals surface area contributed by atoms with E-state index in [4.69, 9.17) is 9.57 Å². The maximum absolute atomic E-state index is 13.0. The lowest BCUT2D eigenvalue weighted by atomic mass is 9.95. The Kier molecular flexibility index (Phi) is 9.28. The van der Waals surface area contributed by atoms with E-state index in [1.807, 2.05) is 43.9 Å². The summed E-state index contributed by atoms with van der Waals surface area (Å²) in [5.74, 6) is -0.344. The molecule has 178 valence electrons. The molecule has 0 spiro atoms. The molecular formula is C27H36N2O4. The van der Waals surface area contributed by atoms with Gasteiger partial charge in [-0.05, 0) is 70.1 Å². The number of aryl methyl sites for hydroxylation is 2. The Hall–Kier alpha value is -2.89. The fourth-order valence-electron chi connectivity index (χ4n) is 4.32. The lowest BCUT2D eigenvalue weighted by Gasteiger charge is -2.26. The summed E-state index contributed by atoms with van der Waals surface area (Å²) >= 11 is 0. The number of ether oxygens (including phenoxy) is 1. The van der Waals surface area contributed by atoms with Gasteiger partial charge in [0.15, 0.2) is 6.61 Å². The molecule has 3 rings (SSSR count). The summed E-state index contributed by atoms with van der Waals surface area (Å²) in [6, 6.07) is 4.00. The molecule has 1 aromatic carbocycles. The number of hydrogen-bond acceptors (Lipinski definition) is 5. The van der Waals surface area contributed by atoms with Crippen molar-refractivity contribution < 1.29 is 19.2 Å². The monoisotopic (exact) mass is 452 g/mol. The van der Waals surface area contributed by atoms with Gasteiger partial charge in [0.1, 0.15) is 6.10 Å². The van der Waals surface area contributed by atoms with E-state index in [2.05, 4.69) is 23.4 Å².